The molecular formula is C13H8F2O4. The van der Waals surface area contributed by atoms with E-state index in [1.165, 1.54) is 6.07 Å². The number of rotatable bonds is 4. The van der Waals surface area contributed by atoms with Crippen LogP contribution in [-0.4, -0.2) is 16.9 Å². The van der Waals surface area contributed by atoms with E-state index in [1.54, 1.807) is 0 Å². The van der Waals surface area contributed by atoms with Gasteiger partial charge in [0.2, 0.25) is 11.5 Å². The maximum Gasteiger partial charge on any atom is 0.371 e. The van der Waals surface area contributed by atoms with Crippen LogP contribution in [0.2, 0.25) is 0 Å². The molecule has 1 aromatic carbocycles. The lowest BCUT2D eigenvalue weighted by Crippen LogP contribution is -2.04. The zero-order chi connectivity index (χ0) is 14.0. The van der Waals surface area contributed by atoms with Crippen molar-refractivity contribution in [2.75, 3.05) is 0 Å². The molecule has 1 aromatic heterocycles. The highest BCUT2D eigenvalue weighted by Crippen LogP contribution is 2.15. The van der Waals surface area contributed by atoms with Crippen LogP contribution in [0.15, 0.2) is 34.7 Å². The summed E-state index contributed by atoms with van der Waals surface area (Å²) in [6, 6.07) is 5.21. The number of benzene rings is 1. The second-order valence-corrected chi connectivity index (χ2v) is 3.80. The summed E-state index contributed by atoms with van der Waals surface area (Å²) < 4.78 is 30.8. The molecule has 0 atom stereocenters. The molecule has 0 bridgehead atoms. The van der Waals surface area contributed by atoms with E-state index in [1.807, 2.05) is 0 Å². The molecular weight excluding hydrogens is 258 g/mol. The maximum absolute atomic E-state index is 13.3. The molecule has 98 valence electrons. The third kappa shape index (κ3) is 2.85. The molecule has 0 spiro atoms. The molecule has 1 N–H and O–H groups in total. The van der Waals surface area contributed by atoms with Crippen molar-refractivity contribution in [3.63, 3.8) is 0 Å². The van der Waals surface area contributed by atoms with Crippen LogP contribution >= 0.6 is 0 Å². The van der Waals surface area contributed by atoms with Gasteiger partial charge < -0.3 is 9.52 Å². The van der Waals surface area contributed by atoms with Crippen molar-refractivity contribution in [2.24, 2.45) is 0 Å². The lowest BCUT2D eigenvalue weighted by molar-refractivity contribution is 0.0660. The molecule has 0 saturated carbocycles. The van der Waals surface area contributed by atoms with Gasteiger partial charge in [-0.15, -0.1) is 0 Å². The van der Waals surface area contributed by atoms with E-state index in [4.69, 9.17) is 9.52 Å². The Morgan fingerprint density at radius 2 is 1.79 bits per heavy atom. The molecule has 6 heteroatoms. The van der Waals surface area contributed by atoms with Crippen molar-refractivity contribution in [2.45, 2.75) is 6.42 Å². The minimum absolute atomic E-state index is 0.0136. The number of carboxylic acids is 1. The first-order valence-electron chi connectivity index (χ1n) is 5.27. The van der Waals surface area contributed by atoms with Gasteiger partial charge in [-0.2, -0.15) is 0 Å². The van der Waals surface area contributed by atoms with Gasteiger partial charge in [-0.25, -0.2) is 13.6 Å². The number of halogens is 2. The highest BCUT2D eigenvalue weighted by molar-refractivity contribution is 5.96. The van der Waals surface area contributed by atoms with Crippen LogP contribution in [0.3, 0.4) is 0 Å². The van der Waals surface area contributed by atoms with Gasteiger partial charge in [0.05, 0.1) is 0 Å². The summed E-state index contributed by atoms with van der Waals surface area (Å²) in [4.78, 5) is 22.3. The molecule has 1 heterocycles. The van der Waals surface area contributed by atoms with Crippen LogP contribution in [-0.2, 0) is 6.42 Å². The monoisotopic (exact) mass is 266 g/mol. The number of Topliss-reactive ketones (excluding diaryl/α,β-unsaturated/α-hetero) is 1. The highest BCUT2D eigenvalue weighted by atomic mass is 19.1. The quantitative estimate of drug-likeness (QED) is 0.864. The average Bonchev–Trinajstić information content (AvgIpc) is 2.82. The molecule has 4 nitrogen and oxygen atoms in total. The number of hydrogen-bond donors (Lipinski definition) is 1. The first kappa shape index (κ1) is 12.9. The van der Waals surface area contributed by atoms with Gasteiger partial charge in [-0.3, -0.25) is 4.79 Å². The Labute approximate surface area is 106 Å². The molecule has 0 fully saturated rings. The molecule has 2 aromatic rings. The molecule has 0 saturated heterocycles. The maximum atomic E-state index is 13.3. The van der Waals surface area contributed by atoms with Gasteiger partial charge >= 0.3 is 5.97 Å². The predicted molar refractivity (Wildman–Crippen MR) is 60.1 cm³/mol. The van der Waals surface area contributed by atoms with Crippen LogP contribution < -0.4 is 0 Å². The van der Waals surface area contributed by atoms with Crippen molar-refractivity contribution in [1.29, 1.82) is 0 Å². The number of hydrogen-bond acceptors (Lipinski definition) is 3. The van der Waals surface area contributed by atoms with E-state index in [0.717, 1.165) is 18.2 Å². The summed E-state index contributed by atoms with van der Waals surface area (Å²) in [6.07, 6.45) is -0.335. The standard InChI is InChI=1S/C13H8F2O4/c14-8-2-1-7(9(15)6-8)5-10(16)11-3-4-12(19-11)13(17)18/h1-4,6H,5H2,(H,17,18). The summed E-state index contributed by atoms with van der Waals surface area (Å²) in [6.45, 7) is 0. The molecule has 0 amide bonds. The summed E-state index contributed by atoms with van der Waals surface area (Å²) in [5, 5.41) is 8.64. The van der Waals surface area contributed by atoms with Crippen LogP contribution in [0, 0.1) is 11.6 Å². The normalized spacial score (nSPS) is 10.4. The Morgan fingerprint density at radius 3 is 2.37 bits per heavy atom. The van der Waals surface area contributed by atoms with Gasteiger partial charge in [-0.1, -0.05) is 6.07 Å². The van der Waals surface area contributed by atoms with Crippen LogP contribution in [0.5, 0.6) is 0 Å². The Morgan fingerprint density at radius 1 is 1.11 bits per heavy atom. The van der Waals surface area contributed by atoms with E-state index in [0.29, 0.717) is 6.07 Å². The molecule has 0 aliphatic carbocycles. The molecule has 0 unspecified atom stereocenters. The van der Waals surface area contributed by atoms with E-state index in [2.05, 4.69) is 0 Å². The minimum Gasteiger partial charge on any atom is -0.475 e. The number of carbonyl (C=O) groups is 2. The summed E-state index contributed by atoms with van der Waals surface area (Å²) in [7, 11) is 0. The van der Waals surface area contributed by atoms with E-state index >= 15 is 0 Å². The van der Waals surface area contributed by atoms with Crippen molar-refractivity contribution < 1.29 is 27.9 Å². The van der Waals surface area contributed by atoms with Gasteiger partial charge in [-0.05, 0) is 23.8 Å². The molecule has 0 radical (unpaired) electrons. The number of aromatic carboxylic acids is 1. The molecule has 19 heavy (non-hydrogen) atoms. The third-order valence-electron chi connectivity index (χ3n) is 2.46. The number of furan rings is 1. The predicted octanol–water partition coefficient (Wildman–Crippen LogP) is 2.68. The van der Waals surface area contributed by atoms with Gasteiger partial charge in [0.1, 0.15) is 11.6 Å². The largest absolute Gasteiger partial charge is 0.475 e. The van der Waals surface area contributed by atoms with Gasteiger partial charge in [0.15, 0.2) is 5.76 Å². The van der Waals surface area contributed by atoms with Crippen molar-refractivity contribution in [3.8, 4) is 0 Å². The second-order valence-electron chi connectivity index (χ2n) is 3.80. The highest BCUT2D eigenvalue weighted by Gasteiger charge is 2.17. The van der Waals surface area contributed by atoms with Crippen molar-refractivity contribution in [3.05, 3.63) is 59.1 Å². The molecule has 2 rings (SSSR count). The fraction of sp³-hybridized carbons (Fsp3) is 0.0769. The Balaban J connectivity index is 2.18. The Kier molecular flexibility index (Phi) is 3.41. The number of carboxylic acid groups (broad SMARTS) is 1. The lowest BCUT2D eigenvalue weighted by atomic mass is 10.1. The van der Waals surface area contributed by atoms with Gasteiger partial charge in [0, 0.05) is 12.5 Å². The molecule has 0 aliphatic rings. The number of carbonyl (C=O) groups excluding carboxylic acids is 1. The van der Waals surface area contributed by atoms with E-state index < -0.39 is 23.4 Å². The van der Waals surface area contributed by atoms with E-state index in [9.17, 15) is 18.4 Å². The Bertz CT molecular complexity index is 646. The fourth-order valence-electron chi connectivity index (χ4n) is 1.53. The van der Waals surface area contributed by atoms with E-state index in [-0.39, 0.29) is 23.5 Å². The van der Waals surface area contributed by atoms with Crippen LogP contribution in [0.1, 0.15) is 26.7 Å². The summed E-state index contributed by atoms with van der Waals surface area (Å²) >= 11 is 0. The van der Waals surface area contributed by atoms with Crippen molar-refractivity contribution in [1.82, 2.24) is 0 Å². The van der Waals surface area contributed by atoms with Crippen molar-refractivity contribution >= 4 is 11.8 Å². The smallest absolute Gasteiger partial charge is 0.371 e. The summed E-state index contributed by atoms with van der Waals surface area (Å²) in [5.41, 5.74) is 0.0136. The second kappa shape index (κ2) is 5.01. The number of ketones is 1. The van der Waals surface area contributed by atoms with Crippen LogP contribution in [0.4, 0.5) is 8.78 Å². The average molecular weight is 266 g/mol. The van der Waals surface area contributed by atoms with Gasteiger partial charge in [0.25, 0.3) is 0 Å². The fourth-order valence-corrected chi connectivity index (χ4v) is 1.53. The van der Waals surface area contributed by atoms with Crippen LogP contribution in [0.25, 0.3) is 0 Å². The zero-order valence-corrected chi connectivity index (χ0v) is 9.52. The first-order valence-corrected chi connectivity index (χ1v) is 5.27. The minimum atomic E-state index is -1.30. The first-order chi connectivity index (χ1) is 8.97. The topological polar surface area (TPSA) is 67.5 Å². The Hall–Kier alpha value is -2.50. The third-order valence-corrected chi connectivity index (χ3v) is 2.46. The lowest BCUT2D eigenvalue weighted by Gasteiger charge is -2.01. The SMILES string of the molecule is O=C(O)c1ccc(C(=O)Cc2ccc(F)cc2F)o1. The zero-order valence-electron chi connectivity index (χ0n) is 9.52. The molecule has 0 aliphatic heterocycles. The summed E-state index contributed by atoms with van der Waals surface area (Å²) in [5.74, 6) is -4.01.